The summed E-state index contributed by atoms with van der Waals surface area (Å²) in [6.07, 6.45) is 1.33. The molecule has 1 rings (SSSR count). The maximum Gasteiger partial charge on any atom is 0.299 e. The maximum absolute atomic E-state index is 12.7. The molecule has 0 fully saturated rings. The molecule has 1 aromatic heterocycles. The van der Waals surface area contributed by atoms with Crippen LogP contribution in [0.2, 0.25) is 0 Å². The standard InChI is InChI=1S/C8H13FN2O/c1-8(2,3)11-5-6(9)10-7(11)12-4/h5H,1-4H3. The number of imidazole rings is 1. The molecule has 0 unspecified atom stereocenters. The summed E-state index contributed by atoms with van der Waals surface area (Å²) < 4.78 is 19.3. The van der Waals surface area contributed by atoms with Gasteiger partial charge in [-0.25, -0.2) is 0 Å². The Morgan fingerprint density at radius 1 is 1.50 bits per heavy atom. The van der Waals surface area contributed by atoms with E-state index in [9.17, 15) is 4.39 Å². The van der Waals surface area contributed by atoms with E-state index in [1.165, 1.54) is 13.3 Å². The van der Waals surface area contributed by atoms with Crippen LogP contribution in [0.15, 0.2) is 6.20 Å². The zero-order chi connectivity index (χ0) is 9.35. The van der Waals surface area contributed by atoms with Gasteiger partial charge in [-0.15, -0.1) is 0 Å². The highest BCUT2D eigenvalue weighted by molar-refractivity contribution is 5.03. The van der Waals surface area contributed by atoms with Crippen LogP contribution in [0.25, 0.3) is 0 Å². The van der Waals surface area contributed by atoms with Crippen LogP contribution in [-0.2, 0) is 5.54 Å². The van der Waals surface area contributed by atoms with Gasteiger partial charge in [0.25, 0.3) is 6.01 Å². The van der Waals surface area contributed by atoms with E-state index in [2.05, 4.69) is 4.98 Å². The van der Waals surface area contributed by atoms with Gasteiger partial charge in [-0.1, -0.05) is 0 Å². The summed E-state index contributed by atoms with van der Waals surface area (Å²) in [4.78, 5) is 3.57. The highest BCUT2D eigenvalue weighted by Gasteiger charge is 2.19. The van der Waals surface area contributed by atoms with Gasteiger partial charge in [0, 0.05) is 5.54 Å². The molecule has 4 heteroatoms. The van der Waals surface area contributed by atoms with Crippen LogP contribution in [0.4, 0.5) is 4.39 Å². The van der Waals surface area contributed by atoms with Crippen molar-refractivity contribution in [3.8, 4) is 6.01 Å². The fourth-order valence-electron chi connectivity index (χ4n) is 0.960. The number of hydrogen-bond donors (Lipinski definition) is 0. The first kappa shape index (κ1) is 9.03. The monoisotopic (exact) mass is 172 g/mol. The molecule has 68 valence electrons. The molecule has 0 saturated carbocycles. The number of nitrogens with zero attached hydrogens (tertiary/aromatic N) is 2. The molecule has 0 saturated heterocycles. The molecule has 0 atom stereocenters. The normalized spacial score (nSPS) is 11.8. The number of methoxy groups -OCH3 is 1. The number of hydrogen-bond acceptors (Lipinski definition) is 2. The lowest BCUT2D eigenvalue weighted by atomic mass is 10.1. The van der Waals surface area contributed by atoms with Crippen molar-refractivity contribution >= 4 is 0 Å². The maximum atomic E-state index is 12.7. The predicted molar refractivity (Wildman–Crippen MR) is 43.7 cm³/mol. The molecule has 0 amide bonds. The topological polar surface area (TPSA) is 27.1 Å². The quantitative estimate of drug-likeness (QED) is 0.645. The second kappa shape index (κ2) is 2.77. The van der Waals surface area contributed by atoms with Crippen molar-refractivity contribution < 1.29 is 9.13 Å². The van der Waals surface area contributed by atoms with E-state index in [0.29, 0.717) is 6.01 Å². The third-order valence-corrected chi connectivity index (χ3v) is 1.55. The van der Waals surface area contributed by atoms with Crippen molar-refractivity contribution in [2.45, 2.75) is 26.3 Å². The molecule has 0 aliphatic heterocycles. The van der Waals surface area contributed by atoms with E-state index >= 15 is 0 Å². The van der Waals surface area contributed by atoms with Gasteiger partial charge in [0.1, 0.15) is 0 Å². The Labute approximate surface area is 71.2 Å². The van der Waals surface area contributed by atoms with E-state index in [-0.39, 0.29) is 5.54 Å². The molecule has 0 bridgehead atoms. The number of aromatic nitrogens is 2. The molecule has 12 heavy (non-hydrogen) atoms. The highest BCUT2D eigenvalue weighted by atomic mass is 19.1. The summed E-state index contributed by atoms with van der Waals surface area (Å²) in [6.45, 7) is 5.86. The molecule has 1 heterocycles. The van der Waals surface area contributed by atoms with E-state index in [4.69, 9.17) is 4.74 Å². The lowest BCUT2D eigenvalue weighted by Gasteiger charge is -2.21. The van der Waals surface area contributed by atoms with Crippen LogP contribution in [-0.4, -0.2) is 16.7 Å². The Kier molecular flexibility index (Phi) is 2.08. The fourth-order valence-corrected chi connectivity index (χ4v) is 0.960. The second-order valence-electron chi connectivity index (χ2n) is 3.59. The predicted octanol–water partition coefficient (Wildman–Crippen LogP) is 1.79. The molecule has 0 aromatic carbocycles. The minimum Gasteiger partial charge on any atom is -0.468 e. The van der Waals surface area contributed by atoms with E-state index in [1.54, 1.807) is 4.57 Å². The highest BCUT2D eigenvalue weighted by Crippen LogP contribution is 2.21. The lowest BCUT2D eigenvalue weighted by Crippen LogP contribution is -2.21. The summed E-state index contributed by atoms with van der Waals surface area (Å²) >= 11 is 0. The van der Waals surface area contributed by atoms with Crippen molar-refractivity contribution in [1.29, 1.82) is 0 Å². The van der Waals surface area contributed by atoms with Gasteiger partial charge >= 0.3 is 0 Å². The number of rotatable bonds is 1. The minimum atomic E-state index is -0.512. The lowest BCUT2D eigenvalue weighted by molar-refractivity contribution is 0.298. The van der Waals surface area contributed by atoms with Crippen LogP contribution in [0, 0.1) is 5.95 Å². The third kappa shape index (κ3) is 1.57. The van der Waals surface area contributed by atoms with Crippen molar-refractivity contribution in [3.63, 3.8) is 0 Å². The third-order valence-electron chi connectivity index (χ3n) is 1.55. The Morgan fingerprint density at radius 2 is 2.08 bits per heavy atom. The Morgan fingerprint density at radius 3 is 2.42 bits per heavy atom. The average molecular weight is 172 g/mol. The minimum absolute atomic E-state index is 0.206. The Bertz CT molecular complexity index is 275. The van der Waals surface area contributed by atoms with Crippen LogP contribution in [0.5, 0.6) is 6.01 Å². The first-order valence-electron chi connectivity index (χ1n) is 3.74. The summed E-state index contributed by atoms with van der Waals surface area (Å²) in [5.74, 6) is -0.512. The zero-order valence-corrected chi connectivity index (χ0v) is 7.76. The zero-order valence-electron chi connectivity index (χ0n) is 7.76. The first-order chi connectivity index (χ1) is 5.45. The van der Waals surface area contributed by atoms with Gasteiger partial charge in [0.15, 0.2) is 0 Å². The molecule has 0 aliphatic carbocycles. The summed E-state index contributed by atoms with van der Waals surface area (Å²) in [7, 11) is 1.48. The van der Waals surface area contributed by atoms with Crippen molar-refractivity contribution in [3.05, 3.63) is 12.1 Å². The van der Waals surface area contributed by atoms with E-state index in [0.717, 1.165) is 0 Å². The van der Waals surface area contributed by atoms with Crippen molar-refractivity contribution in [1.82, 2.24) is 9.55 Å². The van der Waals surface area contributed by atoms with Gasteiger partial charge in [0.05, 0.1) is 13.3 Å². The summed E-state index contributed by atoms with van der Waals surface area (Å²) in [5, 5.41) is 0. The summed E-state index contributed by atoms with van der Waals surface area (Å²) in [5.41, 5.74) is -0.206. The molecule has 0 N–H and O–H groups in total. The Balaban J connectivity index is 3.13. The van der Waals surface area contributed by atoms with E-state index in [1.807, 2.05) is 20.8 Å². The van der Waals surface area contributed by atoms with Gasteiger partial charge < -0.3 is 4.74 Å². The molecule has 1 aromatic rings. The molecular formula is C8H13FN2O. The van der Waals surface area contributed by atoms with Crippen LogP contribution < -0.4 is 4.74 Å². The number of halogens is 1. The molecule has 3 nitrogen and oxygen atoms in total. The smallest absolute Gasteiger partial charge is 0.299 e. The van der Waals surface area contributed by atoms with Gasteiger partial charge in [-0.2, -0.15) is 9.37 Å². The largest absolute Gasteiger partial charge is 0.468 e. The SMILES string of the molecule is COc1nc(F)cn1C(C)(C)C. The van der Waals surface area contributed by atoms with Crippen molar-refractivity contribution in [2.24, 2.45) is 0 Å². The van der Waals surface area contributed by atoms with Crippen LogP contribution in [0.1, 0.15) is 20.8 Å². The average Bonchev–Trinajstić information content (AvgIpc) is 2.29. The second-order valence-corrected chi connectivity index (χ2v) is 3.59. The number of ether oxygens (including phenoxy) is 1. The van der Waals surface area contributed by atoms with Gasteiger partial charge in [0.2, 0.25) is 5.95 Å². The Hall–Kier alpha value is -1.06. The first-order valence-corrected chi connectivity index (χ1v) is 3.74. The van der Waals surface area contributed by atoms with Gasteiger partial charge in [-0.3, -0.25) is 4.57 Å². The van der Waals surface area contributed by atoms with Crippen LogP contribution in [0.3, 0.4) is 0 Å². The van der Waals surface area contributed by atoms with Crippen LogP contribution >= 0.6 is 0 Å². The fraction of sp³-hybridized carbons (Fsp3) is 0.625. The van der Waals surface area contributed by atoms with Gasteiger partial charge in [-0.05, 0) is 20.8 Å². The molecule has 0 spiro atoms. The summed E-state index contributed by atoms with van der Waals surface area (Å²) in [6, 6.07) is 0.306. The molecule has 0 aliphatic rings. The van der Waals surface area contributed by atoms with Crippen molar-refractivity contribution in [2.75, 3.05) is 7.11 Å². The van der Waals surface area contributed by atoms with E-state index < -0.39 is 5.95 Å². The molecular weight excluding hydrogens is 159 g/mol. The molecule has 0 radical (unpaired) electrons.